The molecule has 14 rings (SSSR count). The number of hydrogen-bond donors (Lipinski definition) is 0. The Balaban J connectivity index is 1.12. The Kier molecular flexibility index (Phi) is 9.20. The third-order valence-corrected chi connectivity index (χ3v) is 14.6. The molecule has 0 fully saturated rings. The maximum atomic E-state index is 14.7. The highest BCUT2D eigenvalue weighted by molar-refractivity contribution is 6.14. The summed E-state index contributed by atoms with van der Waals surface area (Å²) in [5, 5.41) is 19.3. The fourth-order valence-electron chi connectivity index (χ4n) is 11.5. The van der Waals surface area contributed by atoms with Gasteiger partial charge >= 0.3 is 12.4 Å². The van der Waals surface area contributed by atoms with E-state index < -0.39 is 23.5 Å². The average Bonchev–Trinajstić information content (AvgIpc) is 4.14. The van der Waals surface area contributed by atoms with Crippen LogP contribution in [-0.4, -0.2) is 18.3 Å². The van der Waals surface area contributed by atoms with E-state index >= 15 is 0 Å². The van der Waals surface area contributed by atoms with Crippen LogP contribution in [0.1, 0.15) is 16.7 Å². The van der Waals surface area contributed by atoms with Gasteiger partial charge in [0.1, 0.15) is 11.6 Å². The van der Waals surface area contributed by atoms with Gasteiger partial charge in [-0.15, -0.1) is 0 Å². The van der Waals surface area contributed by atoms with Crippen LogP contribution in [0, 0.1) is 11.3 Å². The second-order valence-corrected chi connectivity index (χ2v) is 18.6. The lowest BCUT2D eigenvalue weighted by Crippen LogP contribution is -2.11. The molecule has 0 saturated carbocycles. The molecular formula is C63H35F6N5. The highest BCUT2D eigenvalue weighted by Crippen LogP contribution is 2.45. The molecule has 0 bridgehead atoms. The van der Waals surface area contributed by atoms with E-state index in [1.807, 2.05) is 143 Å². The summed E-state index contributed by atoms with van der Waals surface area (Å²) in [5.74, 6) is 0. The van der Waals surface area contributed by atoms with E-state index in [-0.39, 0.29) is 34.1 Å². The molecule has 0 spiro atoms. The topological polar surface area (TPSA) is 43.5 Å². The van der Waals surface area contributed by atoms with Crippen LogP contribution in [0.4, 0.5) is 26.3 Å². The first-order valence-electron chi connectivity index (χ1n) is 23.9. The van der Waals surface area contributed by atoms with Crippen molar-refractivity contribution in [2.45, 2.75) is 12.4 Å². The Labute approximate surface area is 416 Å². The van der Waals surface area contributed by atoms with Crippen LogP contribution >= 0.6 is 0 Å². The van der Waals surface area contributed by atoms with Crippen molar-refractivity contribution in [3.8, 4) is 39.9 Å². The standard InChI is InChI=1S/C63H35F6N5/c64-62(65,66)39-29-37(30-40(33-39)63(67,68)69)38-31-58(73-56-23-11-5-17-47(56)49-27-25-41(34-60(49)73)71-52-19-7-1-13-43(52)44-14-2-8-20-53(44)71)51(36-70)59(32-38)74-57-24-12-6-18-48(57)50-28-26-42(35-61(50)74)72-54-21-9-3-15-45(54)46-16-4-10-22-55(46)72/h1-35H. The fraction of sp³-hybridized carbons (Fsp3) is 0.0317. The normalized spacial score (nSPS) is 12.4. The molecule has 14 aromatic rings. The number of rotatable bonds is 5. The van der Waals surface area contributed by atoms with Gasteiger partial charge in [-0.2, -0.15) is 31.6 Å². The van der Waals surface area contributed by atoms with Crippen molar-refractivity contribution in [3.63, 3.8) is 0 Å². The van der Waals surface area contributed by atoms with Crippen molar-refractivity contribution in [1.82, 2.24) is 18.3 Å². The van der Waals surface area contributed by atoms with Gasteiger partial charge < -0.3 is 18.3 Å². The van der Waals surface area contributed by atoms with Gasteiger partial charge in [-0.25, -0.2) is 0 Å². The molecule has 0 N–H and O–H groups in total. The third kappa shape index (κ3) is 6.37. The van der Waals surface area contributed by atoms with Crippen LogP contribution in [-0.2, 0) is 12.4 Å². The predicted octanol–water partition coefficient (Wildman–Crippen LogP) is 17.7. The number of aromatic nitrogens is 4. The van der Waals surface area contributed by atoms with Crippen molar-refractivity contribution in [1.29, 1.82) is 5.26 Å². The summed E-state index contributed by atoms with van der Waals surface area (Å²) in [5.41, 5.74) is 5.67. The zero-order valence-electron chi connectivity index (χ0n) is 38.7. The summed E-state index contributed by atoms with van der Waals surface area (Å²) in [6.45, 7) is 0. The molecule has 4 aromatic heterocycles. The summed E-state index contributed by atoms with van der Waals surface area (Å²) in [7, 11) is 0. The average molecular weight is 976 g/mol. The summed E-state index contributed by atoms with van der Waals surface area (Å²) < 4.78 is 96.7. The predicted molar refractivity (Wildman–Crippen MR) is 284 cm³/mol. The Morgan fingerprint density at radius 3 is 0.892 bits per heavy atom. The monoisotopic (exact) mass is 975 g/mol. The first-order valence-corrected chi connectivity index (χ1v) is 23.9. The Morgan fingerprint density at radius 2 is 0.581 bits per heavy atom. The number of nitrogens with zero attached hydrogens (tertiary/aromatic N) is 5. The van der Waals surface area contributed by atoms with Gasteiger partial charge in [-0.1, -0.05) is 121 Å². The van der Waals surface area contributed by atoms with Gasteiger partial charge in [-0.3, -0.25) is 0 Å². The molecule has 0 aliphatic rings. The van der Waals surface area contributed by atoms with Gasteiger partial charge in [0.2, 0.25) is 0 Å². The van der Waals surface area contributed by atoms with E-state index in [2.05, 4.69) is 63.7 Å². The van der Waals surface area contributed by atoms with Crippen LogP contribution < -0.4 is 0 Å². The molecule has 10 aromatic carbocycles. The number of nitriles is 1. The van der Waals surface area contributed by atoms with E-state index in [1.54, 1.807) is 12.1 Å². The van der Waals surface area contributed by atoms with E-state index in [1.165, 1.54) is 0 Å². The second kappa shape index (κ2) is 15.7. The molecule has 0 saturated heterocycles. The van der Waals surface area contributed by atoms with E-state index in [9.17, 15) is 31.6 Å². The molecular weight excluding hydrogens is 941 g/mol. The number of para-hydroxylation sites is 6. The molecule has 0 aliphatic carbocycles. The van der Waals surface area contributed by atoms with Crippen molar-refractivity contribution < 1.29 is 26.3 Å². The van der Waals surface area contributed by atoms with Gasteiger partial charge in [0.15, 0.2) is 0 Å². The molecule has 0 atom stereocenters. The lowest BCUT2D eigenvalue weighted by Gasteiger charge is -2.20. The van der Waals surface area contributed by atoms with Gasteiger partial charge in [-0.05, 0) is 102 Å². The lowest BCUT2D eigenvalue weighted by molar-refractivity contribution is -0.143. The first-order chi connectivity index (χ1) is 35.9. The Hall–Kier alpha value is -9.53. The number of halogens is 6. The molecule has 0 amide bonds. The van der Waals surface area contributed by atoms with Crippen LogP contribution in [0.2, 0.25) is 0 Å². The van der Waals surface area contributed by atoms with Crippen LogP contribution in [0.5, 0.6) is 0 Å². The minimum absolute atomic E-state index is 0.0413. The largest absolute Gasteiger partial charge is 0.416 e. The summed E-state index contributed by atoms with van der Waals surface area (Å²) in [6.07, 6.45) is -10.2. The Morgan fingerprint density at radius 1 is 0.297 bits per heavy atom. The van der Waals surface area contributed by atoms with Crippen molar-refractivity contribution in [3.05, 3.63) is 229 Å². The molecule has 0 radical (unpaired) electrons. The van der Waals surface area contributed by atoms with E-state index in [0.29, 0.717) is 22.1 Å². The number of hydrogen-bond acceptors (Lipinski definition) is 1. The smallest absolute Gasteiger partial charge is 0.309 e. The van der Waals surface area contributed by atoms with E-state index in [0.717, 1.165) is 88.7 Å². The maximum absolute atomic E-state index is 14.7. The van der Waals surface area contributed by atoms with Crippen LogP contribution in [0.3, 0.4) is 0 Å². The summed E-state index contributed by atoms with van der Waals surface area (Å²) in [6, 6.07) is 67.2. The zero-order chi connectivity index (χ0) is 50.2. The quantitative estimate of drug-likeness (QED) is 0.159. The van der Waals surface area contributed by atoms with Gasteiger partial charge in [0.25, 0.3) is 0 Å². The van der Waals surface area contributed by atoms with Crippen LogP contribution in [0.15, 0.2) is 212 Å². The lowest BCUT2D eigenvalue weighted by atomic mass is 9.96. The molecule has 0 unspecified atom stereocenters. The number of fused-ring (bicyclic) bond motifs is 12. The number of benzene rings is 10. The highest BCUT2D eigenvalue weighted by atomic mass is 19.4. The zero-order valence-corrected chi connectivity index (χ0v) is 38.7. The molecule has 74 heavy (non-hydrogen) atoms. The molecule has 5 nitrogen and oxygen atoms in total. The SMILES string of the molecule is N#Cc1c(-n2c3ccccc3c3ccc(-n4c5ccccc5c5ccccc54)cc32)cc(-c2cc(C(F)(F)F)cc(C(F)(F)F)c2)cc1-n1c2ccccc2c2ccc(-n3c4ccccc4c4ccccc43)cc21. The second-order valence-electron chi connectivity index (χ2n) is 18.6. The third-order valence-electron chi connectivity index (χ3n) is 14.6. The minimum atomic E-state index is -5.11. The van der Waals surface area contributed by atoms with E-state index in [4.69, 9.17) is 0 Å². The maximum Gasteiger partial charge on any atom is 0.416 e. The van der Waals surface area contributed by atoms with Crippen LogP contribution in [0.25, 0.3) is 121 Å². The van der Waals surface area contributed by atoms with Crippen molar-refractivity contribution in [2.24, 2.45) is 0 Å². The molecule has 0 aliphatic heterocycles. The van der Waals surface area contributed by atoms with Gasteiger partial charge in [0, 0.05) is 54.5 Å². The number of alkyl halides is 6. The first kappa shape index (κ1) is 43.3. The minimum Gasteiger partial charge on any atom is -0.309 e. The fourth-order valence-corrected chi connectivity index (χ4v) is 11.5. The van der Waals surface area contributed by atoms with Gasteiger partial charge in [0.05, 0.1) is 66.6 Å². The molecule has 11 heteroatoms. The summed E-state index contributed by atoms with van der Waals surface area (Å²) >= 11 is 0. The Bertz CT molecular complexity index is 4340. The van der Waals surface area contributed by atoms with Crippen molar-refractivity contribution >= 4 is 87.2 Å². The highest BCUT2D eigenvalue weighted by Gasteiger charge is 2.37. The molecule has 354 valence electrons. The molecule has 4 heterocycles. The van der Waals surface area contributed by atoms with Crippen molar-refractivity contribution in [2.75, 3.05) is 0 Å². The summed E-state index contributed by atoms with van der Waals surface area (Å²) in [4.78, 5) is 0.